The van der Waals surface area contributed by atoms with Gasteiger partial charge in [0, 0.05) is 5.69 Å². The Kier molecular flexibility index (Phi) is 4.41. The van der Waals surface area contributed by atoms with Gasteiger partial charge in [0.1, 0.15) is 12.1 Å². The smallest absolute Gasteiger partial charge is 0.324 e. The lowest BCUT2D eigenvalue weighted by Gasteiger charge is -2.23. The van der Waals surface area contributed by atoms with E-state index in [4.69, 9.17) is 0 Å². The fourth-order valence-corrected chi connectivity index (χ4v) is 3.97. The summed E-state index contributed by atoms with van der Waals surface area (Å²) in [6.07, 6.45) is 3.16. The minimum absolute atomic E-state index is 0.320. The molecular formula is C22H23N3O3. The Labute approximate surface area is 163 Å². The van der Waals surface area contributed by atoms with Crippen LogP contribution >= 0.6 is 0 Å². The van der Waals surface area contributed by atoms with E-state index in [-0.39, 0.29) is 6.54 Å². The van der Waals surface area contributed by atoms with E-state index < -0.39 is 23.4 Å². The first-order valence-corrected chi connectivity index (χ1v) is 9.50. The maximum Gasteiger partial charge on any atom is 0.325 e. The van der Waals surface area contributed by atoms with Gasteiger partial charge in [-0.25, -0.2) is 4.79 Å². The number of urea groups is 1. The number of benzene rings is 2. The second-order valence-electron chi connectivity index (χ2n) is 7.65. The average Bonchev–Trinajstić information content (AvgIpc) is 3.22. The highest BCUT2D eigenvalue weighted by molar-refractivity contribution is 6.10. The summed E-state index contributed by atoms with van der Waals surface area (Å²) in [4.78, 5) is 38.9. The number of hydrogen-bond donors (Lipinski definition) is 2. The fraction of sp³-hybridized carbons (Fsp3) is 0.318. The summed E-state index contributed by atoms with van der Waals surface area (Å²) in [5, 5.41) is 5.54. The molecule has 0 aromatic heterocycles. The van der Waals surface area contributed by atoms with Crippen molar-refractivity contribution >= 4 is 23.5 Å². The van der Waals surface area contributed by atoms with Crippen molar-refractivity contribution in [2.75, 3.05) is 11.9 Å². The van der Waals surface area contributed by atoms with Crippen LogP contribution in [0.1, 0.15) is 35.6 Å². The first-order valence-electron chi connectivity index (χ1n) is 9.50. The number of nitrogens with one attached hydrogen (secondary N) is 2. The molecule has 4 amide bonds. The lowest BCUT2D eigenvalue weighted by atomic mass is 9.89. The molecule has 1 aliphatic carbocycles. The molecule has 2 aromatic rings. The highest BCUT2D eigenvalue weighted by Gasteiger charge is 2.49. The molecule has 1 heterocycles. The summed E-state index contributed by atoms with van der Waals surface area (Å²) in [6.45, 7) is 3.26. The van der Waals surface area contributed by atoms with Crippen molar-refractivity contribution < 1.29 is 14.4 Å². The zero-order valence-corrected chi connectivity index (χ0v) is 16.0. The summed E-state index contributed by atoms with van der Waals surface area (Å²) >= 11 is 0. The van der Waals surface area contributed by atoms with Gasteiger partial charge in [0.05, 0.1) is 0 Å². The van der Waals surface area contributed by atoms with Crippen LogP contribution in [0.2, 0.25) is 0 Å². The van der Waals surface area contributed by atoms with Gasteiger partial charge in [0.25, 0.3) is 5.91 Å². The van der Waals surface area contributed by atoms with E-state index in [1.54, 1.807) is 13.0 Å². The predicted molar refractivity (Wildman–Crippen MR) is 106 cm³/mol. The molecule has 1 aliphatic heterocycles. The van der Waals surface area contributed by atoms with Crippen LogP contribution in [-0.2, 0) is 28.0 Å². The van der Waals surface area contributed by atoms with Crippen LogP contribution in [0.15, 0.2) is 42.5 Å². The van der Waals surface area contributed by atoms with Crippen LogP contribution in [0, 0.1) is 6.92 Å². The first-order chi connectivity index (χ1) is 13.4. The molecule has 2 N–H and O–H groups in total. The van der Waals surface area contributed by atoms with Crippen LogP contribution in [-0.4, -0.2) is 29.3 Å². The maximum atomic E-state index is 13.1. The standard InChI is InChI=1S/C22H23N3O3/c1-14-6-3-4-9-18(14)23-19(26)13-25-20(27)22(2,24-21(25)28)17-11-10-15-7-5-8-16(15)12-17/h3-4,6,9-12H,5,7-8,13H2,1-2H3,(H,23,26)(H,24,28)/t22-/m0/s1. The SMILES string of the molecule is Cc1ccccc1NC(=O)CN1C(=O)N[C@@](C)(c2ccc3c(c2)CCC3)C1=O. The van der Waals surface area contributed by atoms with Gasteiger partial charge in [-0.3, -0.25) is 14.5 Å². The molecular weight excluding hydrogens is 354 g/mol. The molecule has 6 heteroatoms. The van der Waals surface area contributed by atoms with Crippen LogP contribution in [0.3, 0.4) is 0 Å². The summed E-state index contributed by atoms with van der Waals surface area (Å²) in [6, 6.07) is 12.8. The summed E-state index contributed by atoms with van der Waals surface area (Å²) in [7, 11) is 0. The Morgan fingerprint density at radius 1 is 1.14 bits per heavy atom. The molecule has 1 fully saturated rings. The molecule has 0 bridgehead atoms. The Balaban J connectivity index is 1.52. The van der Waals surface area contributed by atoms with Gasteiger partial charge in [0.2, 0.25) is 5.91 Å². The van der Waals surface area contributed by atoms with Gasteiger partial charge < -0.3 is 10.6 Å². The molecule has 1 atom stereocenters. The highest BCUT2D eigenvalue weighted by Crippen LogP contribution is 2.32. The van der Waals surface area contributed by atoms with E-state index >= 15 is 0 Å². The normalized spacial score (nSPS) is 20.9. The lowest BCUT2D eigenvalue weighted by Crippen LogP contribution is -2.42. The molecule has 4 rings (SSSR count). The maximum absolute atomic E-state index is 13.1. The van der Waals surface area contributed by atoms with Crippen molar-refractivity contribution in [1.29, 1.82) is 0 Å². The minimum Gasteiger partial charge on any atom is -0.324 e. The number of imide groups is 1. The first kappa shape index (κ1) is 18.2. The largest absolute Gasteiger partial charge is 0.325 e. The van der Waals surface area contributed by atoms with Gasteiger partial charge in [-0.05, 0) is 61.4 Å². The topological polar surface area (TPSA) is 78.5 Å². The second-order valence-corrected chi connectivity index (χ2v) is 7.65. The molecule has 2 aromatic carbocycles. The van der Waals surface area contributed by atoms with Crippen molar-refractivity contribution in [3.05, 3.63) is 64.7 Å². The molecule has 1 saturated heterocycles. The van der Waals surface area contributed by atoms with Gasteiger partial charge in [-0.2, -0.15) is 0 Å². The van der Waals surface area contributed by atoms with E-state index in [9.17, 15) is 14.4 Å². The van der Waals surface area contributed by atoms with Crippen molar-refractivity contribution in [1.82, 2.24) is 10.2 Å². The summed E-state index contributed by atoms with van der Waals surface area (Å²) < 4.78 is 0. The molecule has 28 heavy (non-hydrogen) atoms. The van der Waals surface area contributed by atoms with Crippen molar-refractivity contribution in [2.24, 2.45) is 0 Å². The van der Waals surface area contributed by atoms with Gasteiger partial charge >= 0.3 is 6.03 Å². The van der Waals surface area contributed by atoms with E-state index in [0.717, 1.165) is 35.3 Å². The third-order valence-electron chi connectivity index (χ3n) is 5.67. The number of carbonyl (C=O) groups is 3. The summed E-state index contributed by atoms with van der Waals surface area (Å²) in [5.74, 6) is -0.814. The quantitative estimate of drug-likeness (QED) is 0.804. The average molecular weight is 377 g/mol. The molecule has 0 radical (unpaired) electrons. The van der Waals surface area contributed by atoms with E-state index in [0.29, 0.717) is 5.69 Å². The fourth-order valence-electron chi connectivity index (χ4n) is 3.97. The third-order valence-corrected chi connectivity index (χ3v) is 5.67. The number of carbonyl (C=O) groups excluding carboxylic acids is 3. The van der Waals surface area contributed by atoms with Gasteiger partial charge in [-0.15, -0.1) is 0 Å². The van der Waals surface area contributed by atoms with Crippen LogP contribution in [0.4, 0.5) is 10.5 Å². The number of anilines is 1. The number of fused-ring (bicyclic) bond motifs is 1. The zero-order chi connectivity index (χ0) is 19.9. The lowest BCUT2D eigenvalue weighted by molar-refractivity contribution is -0.133. The van der Waals surface area contributed by atoms with Crippen LogP contribution in [0.25, 0.3) is 0 Å². The third kappa shape index (κ3) is 3.05. The van der Waals surface area contributed by atoms with E-state index in [1.807, 2.05) is 43.3 Å². The zero-order valence-electron chi connectivity index (χ0n) is 16.0. The number of aryl methyl sites for hydroxylation is 3. The number of hydrogen-bond acceptors (Lipinski definition) is 3. The molecule has 0 spiro atoms. The predicted octanol–water partition coefficient (Wildman–Crippen LogP) is 2.89. The van der Waals surface area contributed by atoms with E-state index in [2.05, 4.69) is 10.6 Å². The molecule has 144 valence electrons. The van der Waals surface area contributed by atoms with Crippen molar-refractivity contribution in [3.63, 3.8) is 0 Å². The number of amides is 4. The van der Waals surface area contributed by atoms with Crippen LogP contribution < -0.4 is 10.6 Å². The minimum atomic E-state index is -1.16. The number of nitrogens with zero attached hydrogens (tertiary/aromatic N) is 1. The van der Waals surface area contributed by atoms with Gasteiger partial charge in [-0.1, -0.05) is 36.4 Å². The monoisotopic (exact) mass is 377 g/mol. The Hall–Kier alpha value is -3.15. The number of para-hydroxylation sites is 1. The number of rotatable bonds is 4. The Morgan fingerprint density at radius 2 is 1.89 bits per heavy atom. The molecule has 0 saturated carbocycles. The molecule has 0 unspecified atom stereocenters. The second kappa shape index (κ2) is 6.78. The highest BCUT2D eigenvalue weighted by atomic mass is 16.2. The van der Waals surface area contributed by atoms with E-state index in [1.165, 1.54) is 11.1 Å². The van der Waals surface area contributed by atoms with Crippen molar-refractivity contribution in [3.8, 4) is 0 Å². The van der Waals surface area contributed by atoms with Crippen molar-refractivity contribution in [2.45, 2.75) is 38.6 Å². The van der Waals surface area contributed by atoms with Crippen LogP contribution in [0.5, 0.6) is 0 Å². The molecule has 2 aliphatic rings. The Morgan fingerprint density at radius 3 is 2.68 bits per heavy atom. The summed E-state index contributed by atoms with van der Waals surface area (Å²) in [5.41, 5.74) is 3.72. The van der Waals surface area contributed by atoms with Gasteiger partial charge in [0.15, 0.2) is 0 Å². The molecule has 6 nitrogen and oxygen atoms in total. The Bertz CT molecular complexity index is 985.